The second kappa shape index (κ2) is 6.85. The van der Waals surface area contributed by atoms with Crippen LogP contribution in [0.4, 0.5) is 0 Å². The maximum absolute atomic E-state index is 12.3. The smallest absolute Gasteiger partial charge is 0.255 e. The van der Waals surface area contributed by atoms with Gasteiger partial charge in [0.15, 0.2) is 0 Å². The van der Waals surface area contributed by atoms with E-state index in [0.29, 0.717) is 17.8 Å². The van der Waals surface area contributed by atoms with Crippen LogP contribution in [0.2, 0.25) is 0 Å². The summed E-state index contributed by atoms with van der Waals surface area (Å²) in [5, 5.41) is 15.9. The number of aryl methyl sites for hydroxylation is 2. The summed E-state index contributed by atoms with van der Waals surface area (Å²) in [5.41, 5.74) is 4.13. The van der Waals surface area contributed by atoms with E-state index in [2.05, 4.69) is 15.2 Å². The largest absolute Gasteiger partial charge is 0.342 e. The first kappa shape index (κ1) is 15.7. The number of pyridine rings is 1. The number of aromatic nitrogens is 3. The number of nitrogens with one attached hydrogen (secondary N) is 1. The molecule has 0 radical (unpaired) electrons. The molecule has 1 N–H and O–H groups in total. The van der Waals surface area contributed by atoms with Gasteiger partial charge >= 0.3 is 0 Å². The summed E-state index contributed by atoms with van der Waals surface area (Å²) in [6.45, 7) is 4.64. The average molecular weight is 297 g/mol. The van der Waals surface area contributed by atoms with Crippen LogP contribution in [0.5, 0.6) is 0 Å². The Bertz CT molecular complexity index is 677. The molecule has 0 saturated carbocycles. The molecule has 0 aliphatic heterocycles. The number of amides is 1. The molecular weight excluding hydrogens is 278 g/mol. The number of nitrogens with zero attached hydrogens (tertiary/aromatic N) is 4. The Kier molecular flexibility index (Phi) is 4.89. The van der Waals surface area contributed by atoms with E-state index in [-0.39, 0.29) is 5.91 Å². The number of aromatic amines is 1. The van der Waals surface area contributed by atoms with E-state index in [1.54, 1.807) is 24.1 Å². The molecule has 0 saturated heterocycles. The molecule has 2 aromatic rings. The normalized spacial score (nSPS) is 10.3. The van der Waals surface area contributed by atoms with Crippen LogP contribution in [0.3, 0.4) is 0 Å². The lowest BCUT2D eigenvalue weighted by molar-refractivity contribution is 0.0793. The molecular formula is C16H19N5O. The summed E-state index contributed by atoms with van der Waals surface area (Å²) in [4.78, 5) is 17.9. The fourth-order valence-corrected chi connectivity index (χ4v) is 2.34. The van der Waals surface area contributed by atoms with Crippen molar-refractivity contribution in [3.63, 3.8) is 0 Å². The van der Waals surface area contributed by atoms with E-state index in [1.165, 1.54) is 11.8 Å². The van der Waals surface area contributed by atoms with Crippen LogP contribution in [0.25, 0.3) is 0 Å². The zero-order valence-electron chi connectivity index (χ0n) is 13.1. The Morgan fingerprint density at radius 1 is 1.41 bits per heavy atom. The zero-order chi connectivity index (χ0) is 16.1. The molecule has 0 unspecified atom stereocenters. The molecule has 114 valence electrons. The highest BCUT2D eigenvalue weighted by molar-refractivity contribution is 5.93. The van der Waals surface area contributed by atoms with E-state index < -0.39 is 0 Å². The van der Waals surface area contributed by atoms with Crippen molar-refractivity contribution in [1.82, 2.24) is 20.1 Å². The van der Waals surface area contributed by atoms with E-state index >= 15 is 0 Å². The highest BCUT2D eigenvalue weighted by Gasteiger charge is 2.13. The minimum atomic E-state index is -0.0855. The van der Waals surface area contributed by atoms with Gasteiger partial charge in [-0.1, -0.05) is 0 Å². The van der Waals surface area contributed by atoms with Crippen LogP contribution >= 0.6 is 0 Å². The van der Waals surface area contributed by atoms with Crippen molar-refractivity contribution in [2.24, 2.45) is 0 Å². The number of nitriles is 1. The molecule has 0 fully saturated rings. The number of H-pyrrole nitrogens is 1. The highest BCUT2D eigenvalue weighted by Crippen LogP contribution is 2.12. The fourth-order valence-electron chi connectivity index (χ4n) is 2.34. The molecule has 0 atom stereocenters. The lowest BCUT2D eigenvalue weighted by Gasteiger charge is -2.17. The van der Waals surface area contributed by atoms with Gasteiger partial charge in [0.1, 0.15) is 11.8 Å². The van der Waals surface area contributed by atoms with Gasteiger partial charge in [-0.25, -0.2) is 4.98 Å². The average Bonchev–Trinajstić information content (AvgIpc) is 2.86. The minimum absolute atomic E-state index is 0.0855. The van der Waals surface area contributed by atoms with Gasteiger partial charge in [0.25, 0.3) is 5.91 Å². The van der Waals surface area contributed by atoms with E-state index in [1.807, 2.05) is 19.9 Å². The first-order valence-electron chi connectivity index (χ1n) is 7.15. The Hall–Kier alpha value is -2.68. The monoisotopic (exact) mass is 297 g/mol. The van der Waals surface area contributed by atoms with Gasteiger partial charge in [-0.15, -0.1) is 0 Å². The van der Waals surface area contributed by atoms with Crippen LogP contribution in [0.15, 0.2) is 18.3 Å². The Morgan fingerprint density at radius 3 is 2.73 bits per heavy atom. The van der Waals surface area contributed by atoms with Gasteiger partial charge in [0, 0.05) is 25.5 Å². The molecule has 2 aromatic heterocycles. The summed E-state index contributed by atoms with van der Waals surface area (Å²) in [7, 11) is 1.77. The lowest BCUT2D eigenvalue weighted by atomic mass is 10.1. The topological polar surface area (TPSA) is 85.7 Å². The zero-order valence-corrected chi connectivity index (χ0v) is 13.1. The van der Waals surface area contributed by atoms with Crippen molar-refractivity contribution in [2.45, 2.75) is 26.7 Å². The molecule has 2 heterocycles. The van der Waals surface area contributed by atoms with Crippen molar-refractivity contribution < 1.29 is 4.79 Å². The van der Waals surface area contributed by atoms with Crippen molar-refractivity contribution in [2.75, 3.05) is 13.6 Å². The lowest BCUT2D eigenvalue weighted by Crippen LogP contribution is -2.28. The summed E-state index contributed by atoms with van der Waals surface area (Å²) >= 11 is 0. The number of hydrogen-bond donors (Lipinski definition) is 1. The molecule has 0 aliphatic rings. The summed E-state index contributed by atoms with van der Waals surface area (Å²) in [5.74, 6) is -0.0855. The summed E-state index contributed by atoms with van der Waals surface area (Å²) in [6.07, 6.45) is 3.20. The molecule has 6 heteroatoms. The van der Waals surface area contributed by atoms with E-state index in [9.17, 15) is 4.79 Å². The number of carbonyl (C=O) groups is 1. The van der Waals surface area contributed by atoms with E-state index in [0.717, 1.165) is 24.2 Å². The maximum atomic E-state index is 12.3. The van der Waals surface area contributed by atoms with Crippen LogP contribution in [0, 0.1) is 25.2 Å². The van der Waals surface area contributed by atoms with Gasteiger partial charge in [-0.05, 0) is 44.4 Å². The number of carbonyl (C=O) groups excluding carboxylic acids is 1. The van der Waals surface area contributed by atoms with E-state index in [4.69, 9.17) is 5.26 Å². The fraction of sp³-hybridized carbons (Fsp3) is 0.375. The third-order valence-corrected chi connectivity index (χ3v) is 3.67. The number of hydrogen-bond acceptors (Lipinski definition) is 4. The Morgan fingerprint density at radius 2 is 2.18 bits per heavy atom. The van der Waals surface area contributed by atoms with Gasteiger partial charge in [0.05, 0.1) is 11.3 Å². The SMILES string of the molecule is Cc1n[nH]c(C)c1CCCN(C)C(=O)c1ccc(C#N)nc1. The summed E-state index contributed by atoms with van der Waals surface area (Å²) in [6, 6.07) is 5.13. The van der Waals surface area contributed by atoms with Crippen molar-refractivity contribution in [1.29, 1.82) is 5.26 Å². The van der Waals surface area contributed by atoms with Crippen LogP contribution in [0.1, 0.15) is 39.4 Å². The van der Waals surface area contributed by atoms with Crippen molar-refractivity contribution >= 4 is 5.91 Å². The number of rotatable bonds is 5. The standard InChI is InChI=1S/C16H19N5O/c1-11-15(12(2)20-19-11)5-4-8-21(3)16(22)13-6-7-14(9-17)18-10-13/h6-7,10H,4-5,8H2,1-3H3,(H,19,20). The predicted octanol–water partition coefficient (Wildman–Crippen LogP) is 2.00. The third kappa shape index (κ3) is 3.50. The Balaban J connectivity index is 1.90. The molecule has 0 aromatic carbocycles. The molecule has 0 aliphatic carbocycles. The Labute approximate surface area is 129 Å². The van der Waals surface area contributed by atoms with Crippen molar-refractivity contribution in [3.8, 4) is 6.07 Å². The van der Waals surface area contributed by atoms with Crippen LogP contribution in [-0.2, 0) is 6.42 Å². The first-order chi connectivity index (χ1) is 10.5. The van der Waals surface area contributed by atoms with Crippen LogP contribution in [-0.4, -0.2) is 39.6 Å². The maximum Gasteiger partial charge on any atom is 0.255 e. The molecule has 2 rings (SSSR count). The minimum Gasteiger partial charge on any atom is -0.342 e. The van der Waals surface area contributed by atoms with Gasteiger partial charge in [-0.3, -0.25) is 9.89 Å². The summed E-state index contributed by atoms with van der Waals surface area (Å²) < 4.78 is 0. The second-order valence-corrected chi connectivity index (χ2v) is 5.29. The molecule has 6 nitrogen and oxygen atoms in total. The van der Waals surface area contributed by atoms with Gasteiger partial charge in [-0.2, -0.15) is 10.4 Å². The predicted molar refractivity (Wildman–Crippen MR) is 82.3 cm³/mol. The van der Waals surface area contributed by atoms with Crippen LogP contribution < -0.4 is 0 Å². The molecule has 22 heavy (non-hydrogen) atoms. The molecule has 1 amide bonds. The quantitative estimate of drug-likeness (QED) is 0.914. The van der Waals surface area contributed by atoms with Crippen molar-refractivity contribution in [3.05, 3.63) is 46.5 Å². The highest BCUT2D eigenvalue weighted by atomic mass is 16.2. The first-order valence-corrected chi connectivity index (χ1v) is 7.15. The molecule has 0 spiro atoms. The van der Waals surface area contributed by atoms with Gasteiger partial charge < -0.3 is 4.90 Å². The second-order valence-electron chi connectivity index (χ2n) is 5.29. The third-order valence-electron chi connectivity index (χ3n) is 3.67. The van der Waals surface area contributed by atoms with Gasteiger partial charge in [0.2, 0.25) is 0 Å². The molecule has 0 bridgehead atoms.